The van der Waals surface area contributed by atoms with Crippen LogP contribution < -0.4 is 0 Å². The summed E-state index contributed by atoms with van der Waals surface area (Å²) in [4.78, 5) is 14.9. The van der Waals surface area contributed by atoms with Gasteiger partial charge in [-0.3, -0.25) is 9.89 Å². The molecule has 2 fully saturated rings. The van der Waals surface area contributed by atoms with Crippen LogP contribution in [0.25, 0.3) is 10.9 Å². The summed E-state index contributed by atoms with van der Waals surface area (Å²) >= 11 is 0. The van der Waals surface area contributed by atoms with E-state index in [9.17, 15) is 4.79 Å². The molecule has 1 aromatic heterocycles. The second-order valence-electron chi connectivity index (χ2n) is 6.46. The zero-order chi connectivity index (χ0) is 15.0. The fraction of sp³-hybridized carbons (Fsp3) is 0.529. The van der Waals surface area contributed by atoms with Gasteiger partial charge in [0, 0.05) is 11.9 Å². The molecule has 0 bridgehead atoms. The van der Waals surface area contributed by atoms with E-state index in [-0.39, 0.29) is 11.5 Å². The molecular formula is C17H21N3O2. The molecule has 0 unspecified atom stereocenters. The van der Waals surface area contributed by atoms with Crippen molar-refractivity contribution in [1.29, 1.82) is 0 Å². The summed E-state index contributed by atoms with van der Waals surface area (Å²) in [5.41, 5.74) is 1.54. The molecule has 1 spiro atoms. The maximum absolute atomic E-state index is 13.0. The van der Waals surface area contributed by atoms with E-state index in [1.165, 1.54) is 19.3 Å². The topological polar surface area (TPSA) is 58.2 Å². The van der Waals surface area contributed by atoms with Crippen molar-refractivity contribution in [3.05, 3.63) is 30.0 Å². The number of amides is 1. The van der Waals surface area contributed by atoms with Gasteiger partial charge in [0.2, 0.25) is 0 Å². The highest BCUT2D eigenvalue weighted by Gasteiger charge is 2.39. The van der Waals surface area contributed by atoms with Gasteiger partial charge in [-0.15, -0.1) is 0 Å². The number of ether oxygens (including phenoxy) is 1. The average Bonchev–Trinajstić information content (AvgIpc) is 3.03. The molecule has 116 valence electrons. The minimum atomic E-state index is -0.101. The van der Waals surface area contributed by atoms with E-state index in [2.05, 4.69) is 10.2 Å². The summed E-state index contributed by atoms with van der Waals surface area (Å²) in [6.45, 7) is 2.04. The minimum Gasteiger partial charge on any atom is -0.371 e. The number of fused-ring (bicyclic) bond motifs is 1. The van der Waals surface area contributed by atoms with Crippen LogP contribution in [0.15, 0.2) is 24.4 Å². The van der Waals surface area contributed by atoms with Crippen molar-refractivity contribution in [3.63, 3.8) is 0 Å². The number of hydrogen-bond acceptors (Lipinski definition) is 3. The third kappa shape index (κ3) is 2.29. The van der Waals surface area contributed by atoms with Gasteiger partial charge in [-0.2, -0.15) is 5.10 Å². The lowest BCUT2D eigenvalue weighted by Crippen LogP contribution is -2.54. The summed E-state index contributed by atoms with van der Waals surface area (Å²) in [6, 6.07) is 5.74. The fourth-order valence-corrected chi connectivity index (χ4v) is 3.84. The van der Waals surface area contributed by atoms with Crippen molar-refractivity contribution in [2.24, 2.45) is 0 Å². The van der Waals surface area contributed by atoms with Crippen molar-refractivity contribution in [2.75, 3.05) is 19.7 Å². The molecule has 0 radical (unpaired) electrons. The second kappa shape index (κ2) is 5.39. The number of aromatic nitrogens is 2. The first-order valence-electron chi connectivity index (χ1n) is 8.13. The number of benzene rings is 1. The Balaban J connectivity index is 1.61. The monoisotopic (exact) mass is 299 g/mol. The van der Waals surface area contributed by atoms with Gasteiger partial charge < -0.3 is 9.64 Å². The van der Waals surface area contributed by atoms with Gasteiger partial charge in [0.15, 0.2) is 0 Å². The molecule has 2 aromatic rings. The Bertz CT molecular complexity index is 683. The highest BCUT2D eigenvalue weighted by Crippen LogP contribution is 2.35. The number of carbonyl (C=O) groups is 1. The normalized spacial score (nSPS) is 21.4. The van der Waals surface area contributed by atoms with E-state index in [0.29, 0.717) is 13.2 Å². The zero-order valence-electron chi connectivity index (χ0n) is 12.7. The highest BCUT2D eigenvalue weighted by molar-refractivity contribution is 6.06. The molecule has 1 aromatic carbocycles. The standard InChI is InChI=1S/C17H21N3O2/c21-16(13-5-4-6-15-14(13)11-18-19-15)20-9-10-22-17(12-20)7-2-1-3-8-17/h4-6,11H,1-3,7-10,12H2,(H,18,19). The Hall–Kier alpha value is -1.88. The molecular weight excluding hydrogens is 278 g/mol. The Labute approximate surface area is 129 Å². The summed E-state index contributed by atoms with van der Waals surface area (Å²) in [5.74, 6) is 0.0975. The Morgan fingerprint density at radius 2 is 2.14 bits per heavy atom. The first-order chi connectivity index (χ1) is 10.8. The van der Waals surface area contributed by atoms with Gasteiger partial charge in [0.25, 0.3) is 5.91 Å². The van der Waals surface area contributed by atoms with Crippen molar-refractivity contribution in [1.82, 2.24) is 15.1 Å². The molecule has 0 atom stereocenters. The summed E-state index contributed by atoms with van der Waals surface area (Å²) in [5, 5.41) is 7.88. The van der Waals surface area contributed by atoms with E-state index < -0.39 is 0 Å². The molecule has 2 heterocycles. The third-order valence-electron chi connectivity index (χ3n) is 5.02. The SMILES string of the molecule is O=C(c1cccc2[nH]ncc12)N1CCOC2(CCCCC2)C1. The van der Waals surface area contributed by atoms with Gasteiger partial charge in [0.1, 0.15) is 0 Å². The number of aromatic amines is 1. The molecule has 1 aliphatic heterocycles. The minimum absolute atomic E-state index is 0.0975. The van der Waals surface area contributed by atoms with Crippen molar-refractivity contribution in [3.8, 4) is 0 Å². The van der Waals surface area contributed by atoms with Crippen LogP contribution in [0, 0.1) is 0 Å². The predicted octanol–water partition coefficient (Wildman–Crippen LogP) is 2.74. The average molecular weight is 299 g/mol. The van der Waals surface area contributed by atoms with Crippen molar-refractivity contribution >= 4 is 16.8 Å². The third-order valence-corrected chi connectivity index (χ3v) is 5.02. The summed E-state index contributed by atoms with van der Waals surface area (Å²) in [7, 11) is 0. The molecule has 5 heteroatoms. The second-order valence-corrected chi connectivity index (χ2v) is 6.46. The lowest BCUT2D eigenvalue weighted by molar-refractivity contribution is -0.117. The maximum atomic E-state index is 13.0. The van der Waals surface area contributed by atoms with Gasteiger partial charge in [-0.05, 0) is 25.0 Å². The lowest BCUT2D eigenvalue weighted by atomic mass is 9.83. The molecule has 1 aliphatic carbocycles. The number of nitrogens with zero attached hydrogens (tertiary/aromatic N) is 2. The molecule has 2 aliphatic rings. The van der Waals surface area contributed by atoms with Crippen LogP contribution in [0.3, 0.4) is 0 Å². The lowest BCUT2D eigenvalue weighted by Gasteiger charge is -2.45. The van der Waals surface area contributed by atoms with E-state index in [1.54, 1.807) is 6.20 Å². The summed E-state index contributed by atoms with van der Waals surface area (Å²) in [6.07, 6.45) is 7.59. The van der Waals surface area contributed by atoms with E-state index in [0.717, 1.165) is 35.9 Å². The van der Waals surface area contributed by atoms with Crippen LogP contribution in [-0.4, -0.2) is 46.3 Å². The van der Waals surface area contributed by atoms with Crippen LogP contribution >= 0.6 is 0 Å². The number of H-pyrrole nitrogens is 1. The van der Waals surface area contributed by atoms with Gasteiger partial charge >= 0.3 is 0 Å². The molecule has 1 saturated carbocycles. The van der Waals surface area contributed by atoms with Gasteiger partial charge in [-0.1, -0.05) is 25.3 Å². The first-order valence-corrected chi connectivity index (χ1v) is 8.13. The highest BCUT2D eigenvalue weighted by atomic mass is 16.5. The van der Waals surface area contributed by atoms with Crippen LogP contribution in [-0.2, 0) is 4.74 Å². The van der Waals surface area contributed by atoms with E-state index >= 15 is 0 Å². The number of morpholine rings is 1. The maximum Gasteiger partial charge on any atom is 0.254 e. The molecule has 22 heavy (non-hydrogen) atoms. The Kier molecular flexibility index (Phi) is 3.37. The number of hydrogen-bond donors (Lipinski definition) is 1. The predicted molar refractivity (Wildman–Crippen MR) is 83.8 cm³/mol. The van der Waals surface area contributed by atoms with Gasteiger partial charge in [-0.25, -0.2) is 0 Å². The van der Waals surface area contributed by atoms with E-state index in [1.807, 2.05) is 23.1 Å². The summed E-state index contributed by atoms with van der Waals surface area (Å²) < 4.78 is 6.08. The quantitative estimate of drug-likeness (QED) is 0.881. The van der Waals surface area contributed by atoms with Crippen molar-refractivity contribution < 1.29 is 9.53 Å². The Morgan fingerprint density at radius 3 is 3.00 bits per heavy atom. The molecule has 4 rings (SSSR count). The number of rotatable bonds is 1. The van der Waals surface area contributed by atoms with Crippen LogP contribution in [0.1, 0.15) is 42.5 Å². The Morgan fingerprint density at radius 1 is 1.27 bits per heavy atom. The smallest absolute Gasteiger partial charge is 0.254 e. The van der Waals surface area contributed by atoms with Crippen LogP contribution in [0.2, 0.25) is 0 Å². The number of carbonyl (C=O) groups excluding carboxylic acids is 1. The van der Waals surface area contributed by atoms with Crippen molar-refractivity contribution in [2.45, 2.75) is 37.7 Å². The largest absolute Gasteiger partial charge is 0.371 e. The molecule has 1 saturated heterocycles. The number of nitrogens with one attached hydrogen (secondary N) is 1. The van der Waals surface area contributed by atoms with Crippen LogP contribution in [0.4, 0.5) is 0 Å². The van der Waals surface area contributed by atoms with Crippen LogP contribution in [0.5, 0.6) is 0 Å². The van der Waals surface area contributed by atoms with Gasteiger partial charge in [0.05, 0.1) is 36.0 Å². The molecule has 1 N–H and O–H groups in total. The van der Waals surface area contributed by atoms with E-state index in [4.69, 9.17) is 4.74 Å². The zero-order valence-corrected chi connectivity index (χ0v) is 12.7. The molecule has 1 amide bonds. The fourth-order valence-electron chi connectivity index (χ4n) is 3.84. The first kappa shape index (κ1) is 13.8. The molecule has 5 nitrogen and oxygen atoms in total.